The second-order valence-electron chi connectivity index (χ2n) is 8.58. The largest absolute Gasteiger partial charge is 0.286 e. The highest BCUT2D eigenvalue weighted by atomic mass is 16.5. The van der Waals surface area contributed by atoms with Gasteiger partial charge in [0.25, 0.3) is 5.91 Å². The number of hydroxylamine groups is 2. The molecule has 3 nitrogen and oxygen atoms in total. The zero-order chi connectivity index (χ0) is 21.2. The summed E-state index contributed by atoms with van der Waals surface area (Å²) in [7, 11) is 1.37. The van der Waals surface area contributed by atoms with E-state index in [4.69, 9.17) is 0 Å². The fraction of sp³-hybridized carbons (Fsp3) is 0.731. The van der Waals surface area contributed by atoms with Gasteiger partial charge in [-0.15, -0.1) is 0 Å². The minimum Gasteiger partial charge on any atom is -0.286 e. The Kier molecular flexibility index (Phi) is 15.5. The van der Waals surface area contributed by atoms with Crippen LogP contribution in [-0.2, 0) is 6.42 Å². The number of carbonyl (C=O) groups is 1. The lowest BCUT2D eigenvalue weighted by Gasteiger charge is -2.09. The van der Waals surface area contributed by atoms with Gasteiger partial charge >= 0.3 is 0 Å². The molecule has 0 radical (unpaired) electrons. The van der Waals surface area contributed by atoms with Crippen molar-refractivity contribution >= 4 is 5.91 Å². The molecule has 0 aromatic heterocycles. The van der Waals surface area contributed by atoms with Gasteiger partial charge in [0.15, 0.2) is 0 Å². The van der Waals surface area contributed by atoms with Gasteiger partial charge in [-0.05, 0) is 30.5 Å². The summed E-state index contributed by atoms with van der Waals surface area (Å²) in [6.45, 7) is 2.28. The third-order valence-corrected chi connectivity index (χ3v) is 5.79. The third-order valence-electron chi connectivity index (χ3n) is 5.79. The Morgan fingerprint density at radius 1 is 0.759 bits per heavy atom. The van der Waals surface area contributed by atoms with Crippen LogP contribution >= 0.6 is 0 Å². The summed E-state index contributed by atoms with van der Waals surface area (Å²) in [5, 5.41) is 9.92. The van der Waals surface area contributed by atoms with Gasteiger partial charge in [-0.25, -0.2) is 5.06 Å². The molecule has 1 rings (SSSR count). The van der Waals surface area contributed by atoms with E-state index in [9.17, 15) is 10.0 Å². The average Bonchev–Trinajstić information content (AvgIpc) is 2.73. The van der Waals surface area contributed by atoms with Crippen molar-refractivity contribution in [2.75, 3.05) is 7.05 Å². The molecule has 166 valence electrons. The number of hydrogen-bond acceptors (Lipinski definition) is 2. The maximum Gasteiger partial charge on any atom is 0.276 e. The maximum absolute atomic E-state index is 11.8. The molecule has 0 spiro atoms. The summed E-state index contributed by atoms with van der Waals surface area (Å²) >= 11 is 0. The first-order valence-electron chi connectivity index (χ1n) is 12.2. The summed E-state index contributed by atoms with van der Waals surface area (Å²) in [5.41, 5.74) is 1.74. The van der Waals surface area contributed by atoms with Crippen LogP contribution in [0, 0.1) is 0 Å². The van der Waals surface area contributed by atoms with Crippen molar-refractivity contribution in [2.24, 2.45) is 0 Å². The normalized spacial score (nSPS) is 11.0. The highest BCUT2D eigenvalue weighted by molar-refractivity contribution is 5.93. The van der Waals surface area contributed by atoms with E-state index >= 15 is 0 Å². The number of rotatable bonds is 18. The first-order chi connectivity index (χ1) is 14.1. The number of unbranched alkanes of at least 4 members (excludes halogenated alkanes) is 15. The van der Waals surface area contributed by atoms with Gasteiger partial charge < -0.3 is 0 Å². The number of nitrogens with zero attached hydrogens (tertiary/aromatic N) is 1. The van der Waals surface area contributed by atoms with Gasteiger partial charge in [-0.2, -0.15) is 0 Å². The quantitative estimate of drug-likeness (QED) is 0.153. The molecule has 0 saturated heterocycles. The Balaban J connectivity index is 1.90. The van der Waals surface area contributed by atoms with E-state index in [1.165, 1.54) is 115 Å². The lowest BCUT2D eigenvalue weighted by Crippen LogP contribution is -2.22. The third kappa shape index (κ3) is 13.5. The fourth-order valence-electron chi connectivity index (χ4n) is 3.92. The van der Waals surface area contributed by atoms with Gasteiger partial charge in [-0.1, -0.05) is 115 Å². The Morgan fingerprint density at radius 3 is 1.66 bits per heavy atom. The van der Waals surface area contributed by atoms with Crippen molar-refractivity contribution in [1.82, 2.24) is 5.06 Å². The Hall–Kier alpha value is -1.35. The molecule has 1 N–H and O–H groups in total. The van der Waals surface area contributed by atoms with Crippen molar-refractivity contribution in [3.05, 3.63) is 35.4 Å². The molecule has 1 aromatic carbocycles. The first-order valence-corrected chi connectivity index (χ1v) is 12.2. The molecular weight excluding hydrogens is 358 g/mol. The highest BCUT2D eigenvalue weighted by Gasteiger charge is 2.09. The van der Waals surface area contributed by atoms with Gasteiger partial charge in [0.05, 0.1) is 0 Å². The molecule has 0 bridgehead atoms. The molecule has 0 unspecified atom stereocenters. The molecule has 3 heteroatoms. The van der Waals surface area contributed by atoms with Crippen LogP contribution in [0.3, 0.4) is 0 Å². The van der Waals surface area contributed by atoms with Crippen LogP contribution in [0.2, 0.25) is 0 Å². The number of hydrogen-bond donors (Lipinski definition) is 1. The van der Waals surface area contributed by atoms with E-state index in [-0.39, 0.29) is 5.91 Å². The predicted octanol–water partition coefficient (Wildman–Crippen LogP) is 7.95. The Morgan fingerprint density at radius 2 is 1.21 bits per heavy atom. The minimum atomic E-state index is -0.348. The van der Waals surface area contributed by atoms with Crippen LogP contribution in [0.15, 0.2) is 24.3 Å². The SMILES string of the molecule is CCCCCCCCCCCCCCCCCCc1cccc(C(=O)N(C)O)c1. The summed E-state index contributed by atoms with van der Waals surface area (Å²) in [6, 6.07) is 7.63. The zero-order valence-electron chi connectivity index (χ0n) is 19.1. The second-order valence-corrected chi connectivity index (χ2v) is 8.58. The molecule has 1 amide bonds. The molecular formula is C26H45NO2. The van der Waals surface area contributed by atoms with Crippen LogP contribution in [0.25, 0.3) is 0 Å². The van der Waals surface area contributed by atoms with E-state index < -0.39 is 0 Å². The molecule has 0 aliphatic rings. The maximum atomic E-state index is 11.8. The van der Waals surface area contributed by atoms with Crippen LogP contribution < -0.4 is 0 Å². The van der Waals surface area contributed by atoms with Gasteiger partial charge in [0.2, 0.25) is 0 Å². The van der Waals surface area contributed by atoms with Crippen LogP contribution in [0.1, 0.15) is 126 Å². The van der Waals surface area contributed by atoms with Gasteiger partial charge in [0, 0.05) is 12.6 Å². The molecule has 0 saturated carbocycles. The van der Waals surface area contributed by atoms with E-state index in [2.05, 4.69) is 13.0 Å². The fourth-order valence-corrected chi connectivity index (χ4v) is 3.92. The molecule has 0 aliphatic heterocycles. The summed E-state index contributed by atoms with van der Waals surface area (Å²) in [4.78, 5) is 11.8. The van der Waals surface area contributed by atoms with Crippen LogP contribution in [0.4, 0.5) is 0 Å². The Bertz CT molecular complexity index is 527. The number of aryl methyl sites for hydroxylation is 1. The topological polar surface area (TPSA) is 40.5 Å². The van der Waals surface area contributed by atoms with Crippen molar-refractivity contribution in [3.8, 4) is 0 Å². The summed E-state index contributed by atoms with van der Waals surface area (Å²) < 4.78 is 0. The van der Waals surface area contributed by atoms with E-state index in [0.29, 0.717) is 10.6 Å². The van der Waals surface area contributed by atoms with Crippen LogP contribution in [-0.4, -0.2) is 23.2 Å². The summed E-state index contributed by atoms with van der Waals surface area (Å²) in [6.07, 6.45) is 23.1. The van der Waals surface area contributed by atoms with Crippen molar-refractivity contribution in [3.63, 3.8) is 0 Å². The van der Waals surface area contributed by atoms with Crippen molar-refractivity contribution in [1.29, 1.82) is 0 Å². The molecule has 0 atom stereocenters. The molecule has 29 heavy (non-hydrogen) atoms. The average molecular weight is 404 g/mol. The molecule has 0 heterocycles. The molecule has 1 aromatic rings. The van der Waals surface area contributed by atoms with Crippen LogP contribution in [0.5, 0.6) is 0 Å². The molecule has 0 fully saturated rings. The van der Waals surface area contributed by atoms with Crippen molar-refractivity contribution in [2.45, 2.75) is 116 Å². The highest BCUT2D eigenvalue weighted by Crippen LogP contribution is 2.15. The monoisotopic (exact) mass is 403 g/mol. The minimum absolute atomic E-state index is 0.348. The van der Waals surface area contributed by atoms with Crippen molar-refractivity contribution < 1.29 is 10.0 Å². The number of benzene rings is 1. The summed E-state index contributed by atoms with van der Waals surface area (Å²) in [5.74, 6) is -0.348. The van der Waals surface area contributed by atoms with E-state index in [1.807, 2.05) is 12.1 Å². The lowest BCUT2D eigenvalue weighted by atomic mass is 10.0. The zero-order valence-corrected chi connectivity index (χ0v) is 19.1. The second kappa shape index (κ2) is 17.5. The van der Waals surface area contributed by atoms with Gasteiger partial charge in [-0.3, -0.25) is 10.0 Å². The van der Waals surface area contributed by atoms with E-state index in [1.54, 1.807) is 6.07 Å². The standard InChI is InChI=1S/C26H45NO2/c1-3-4-5-6-7-8-9-10-11-12-13-14-15-16-17-18-20-24-21-19-22-25(23-24)26(28)27(2)29/h19,21-23,29H,3-18,20H2,1-2H3. The first kappa shape index (κ1) is 25.7. The Labute approximate surface area is 179 Å². The van der Waals surface area contributed by atoms with E-state index in [0.717, 1.165) is 6.42 Å². The molecule has 0 aliphatic carbocycles. The number of carbonyl (C=O) groups excluding carboxylic acids is 1. The van der Waals surface area contributed by atoms with Gasteiger partial charge in [0.1, 0.15) is 0 Å². The predicted molar refractivity (Wildman–Crippen MR) is 124 cm³/mol. The number of amides is 1. The lowest BCUT2D eigenvalue weighted by molar-refractivity contribution is -0.0375. The smallest absolute Gasteiger partial charge is 0.276 e.